The van der Waals surface area contributed by atoms with E-state index in [4.69, 9.17) is 0 Å². The topological polar surface area (TPSA) is 86.7 Å². The van der Waals surface area contributed by atoms with Crippen LogP contribution in [-0.4, -0.2) is 40.4 Å². The van der Waals surface area contributed by atoms with Crippen LogP contribution in [0.3, 0.4) is 0 Å². The fourth-order valence-electron chi connectivity index (χ4n) is 2.90. The Labute approximate surface area is 141 Å². The van der Waals surface area contributed by atoms with Gasteiger partial charge in [-0.15, -0.1) is 0 Å². The van der Waals surface area contributed by atoms with Gasteiger partial charge in [-0.2, -0.15) is 0 Å². The molecule has 1 atom stereocenters. The number of hydrogen-bond acceptors (Lipinski definition) is 3. The molecule has 6 nitrogen and oxygen atoms in total. The van der Waals surface area contributed by atoms with E-state index in [0.29, 0.717) is 25.9 Å². The van der Waals surface area contributed by atoms with Gasteiger partial charge in [0.1, 0.15) is 6.04 Å². The lowest BCUT2D eigenvalue weighted by atomic mass is 9.93. The molecule has 0 aromatic heterocycles. The highest BCUT2D eigenvalue weighted by Gasteiger charge is 2.34. The number of fused-ring (bicyclic) bond motifs is 1. The predicted molar refractivity (Wildman–Crippen MR) is 89.3 cm³/mol. The maximum absolute atomic E-state index is 12.4. The van der Waals surface area contributed by atoms with E-state index in [-0.39, 0.29) is 24.7 Å². The summed E-state index contributed by atoms with van der Waals surface area (Å²) in [5, 5.41) is 12.2. The first-order valence-electron chi connectivity index (χ1n) is 8.38. The molecule has 130 valence electrons. The van der Waals surface area contributed by atoms with Gasteiger partial charge in [0, 0.05) is 32.4 Å². The minimum Gasteiger partial charge on any atom is -0.480 e. The number of carboxylic acid groups (broad SMARTS) is 1. The van der Waals surface area contributed by atoms with E-state index in [1.165, 1.54) is 4.90 Å². The highest BCUT2D eigenvalue weighted by Crippen LogP contribution is 2.24. The Morgan fingerprint density at radius 1 is 1.21 bits per heavy atom. The molecule has 0 bridgehead atoms. The molecule has 0 saturated heterocycles. The summed E-state index contributed by atoms with van der Waals surface area (Å²) in [6, 6.07) is 6.77. The summed E-state index contributed by atoms with van der Waals surface area (Å²) in [6.45, 7) is 2.93. The molecule has 24 heavy (non-hydrogen) atoms. The number of rotatable bonds is 7. The fraction of sp³-hybridized carbons (Fsp3) is 0.500. The van der Waals surface area contributed by atoms with Crippen molar-refractivity contribution in [3.8, 4) is 0 Å². The number of carboxylic acids is 1. The van der Waals surface area contributed by atoms with Crippen molar-refractivity contribution < 1.29 is 19.5 Å². The van der Waals surface area contributed by atoms with Gasteiger partial charge < -0.3 is 15.3 Å². The monoisotopic (exact) mass is 332 g/mol. The molecule has 6 heteroatoms. The molecule has 2 N–H and O–H groups in total. The molecule has 0 radical (unpaired) electrons. The SMILES string of the molecule is CCCNC(=O)CCCC(=O)N1Cc2ccccc2CC1C(=O)O. The summed E-state index contributed by atoms with van der Waals surface area (Å²) in [6.07, 6.45) is 2.10. The number of carbonyl (C=O) groups is 3. The molecule has 2 rings (SSSR count). The van der Waals surface area contributed by atoms with Crippen molar-refractivity contribution in [3.63, 3.8) is 0 Å². The van der Waals surface area contributed by atoms with Crippen LogP contribution >= 0.6 is 0 Å². The lowest BCUT2D eigenvalue weighted by Gasteiger charge is -2.34. The van der Waals surface area contributed by atoms with Gasteiger partial charge in [-0.05, 0) is 24.0 Å². The Balaban J connectivity index is 1.94. The Morgan fingerprint density at radius 2 is 1.92 bits per heavy atom. The molecule has 0 spiro atoms. The van der Waals surface area contributed by atoms with Crippen LogP contribution in [0.2, 0.25) is 0 Å². The van der Waals surface area contributed by atoms with Crippen LogP contribution < -0.4 is 5.32 Å². The third-order valence-electron chi connectivity index (χ3n) is 4.22. The summed E-state index contributed by atoms with van der Waals surface area (Å²) >= 11 is 0. The molecule has 1 heterocycles. The molecule has 0 saturated carbocycles. The lowest BCUT2D eigenvalue weighted by molar-refractivity contribution is -0.151. The van der Waals surface area contributed by atoms with Crippen LogP contribution in [-0.2, 0) is 27.3 Å². The second-order valence-corrected chi connectivity index (χ2v) is 6.05. The summed E-state index contributed by atoms with van der Waals surface area (Å²) in [5.74, 6) is -1.26. The van der Waals surface area contributed by atoms with Gasteiger partial charge in [0.05, 0.1) is 0 Å². The van der Waals surface area contributed by atoms with Crippen molar-refractivity contribution >= 4 is 17.8 Å². The Kier molecular flexibility index (Phi) is 6.35. The molecular weight excluding hydrogens is 308 g/mol. The van der Waals surface area contributed by atoms with Crippen LogP contribution in [0.1, 0.15) is 43.7 Å². The number of benzene rings is 1. The summed E-state index contributed by atoms with van der Waals surface area (Å²) in [7, 11) is 0. The minimum atomic E-state index is -0.987. The third-order valence-corrected chi connectivity index (χ3v) is 4.22. The van der Waals surface area contributed by atoms with Crippen LogP contribution in [0.25, 0.3) is 0 Å². The fourth-order valence-corrected chi connectivity index (χ4v) is 2.90. The van der Waals surface area contributed by atoms with Gasteiger partial charge in [0.2, 0.25) is 11.8 Å². The van der Waals surface area contributed by atoms with Crippen LogP contribution in [0.15, 0.2) is 24.3 Å². The highest BCUT2D eigenvalue weighted by atomic mass is 16.4. The zero-order valence-corrected chi connectivity index (χ0v) is 14.0. The van der Waals surface area contributed by atoms with E-state index in [2.05, 4.69) is 5.32 Å². The van der Waals surface area contributed by atoms with Crippen molar-refractivity contribution in [2.75, 3.05) is 6.54 Å². The molecule has 1 aromatic carbocycles. The number of nitrogens with zero attached hydrogens (tertiary/aromatic N) is 1. The smallest absolute Gasteiger partial charge is 0.326 e. The average Bonchev–Trinajstić information content (AvgIpc) is 2.58. The largest absolute Gasteiger partial charge is 0.480 e. The summed E-state index contributed by atoms with van der Waals surface area (Å²) in [5.41, 5.74) is 1.97. The first-order valence-corrected chi connectivity index (χ1v) is 8.38. The first kappa shape index (κ1) is 18.0. The number of nitrogens with one attached hydrogen (secondary N) is 1. The summed E-state index contributed by atoms with van der Waals surface area (Å²) in [4.78, 5) is 37.0. The van der Waals surface area contributed by atoms with E-state index in [1.807, 2.05) is 31.2 Å². The normalized spacial score (nSPS) is 16.4. The van der Waals surface area contributed by atoms with Crippen molar-refractivity contribution in [3.05, 3.63) is 35.4 Å². The first-order chi connectivity index (χ1) is 11.5. The molecule has 1 unspecified atom stereocenters. The molecule has 0 aliphatic carbocycles. The van der Waals surface area contributed by atoms with Gasteiger partial charge >= 0.3 is 5.97 Å². The van der Waals surface area contributed by atoms with Crippen LogP contribution in [0, 0.1) is 0 Å². The van der Waals surface area contributed by atoms with Gasteiger partial charge in [-0.1, -0.05) is 31.2 Å². The number of hydrogen-bond donors (Lipinski definition) is 2. The minimum absolute atomic E-state index is 0.0663. The quantitative estimate of drug-likeness (QED) is 0.796. The molecule has 1 aromatic rings. The maximum Gasteiger partial charge on any atom is 0.326 e. The standard InChI is InChI=1S/C18H24N2O4/c1-2-10-19-16(21)8-5-9-17(22)20-12-14-7-4-3-6-13(14)11-15(20)18(23)24/h3-4,6-7,15H,2,5,8-12H2,1H3,(H,19,21)(H,23,24). The predicted octanol–water partition coefficient (Wildman–Crippen LogP) is 1.72. The van der Waals surface area contributed by atoms with Crippen molar-refractivity contribution in [2.24, 2.45) is 0 Å². The van der Waals surface area contributed by atoms with Crippen LogP contribution in [0.4, 0.5) is 0 Å². The van der Waals surface area contributed by atoms with Crippen LogP contribution in [0.5, 0.6) is 0 Å². The second kappa shape index (κ2) is 8.47. The zero-order valence-electron chi connectivity index (χ0n) is 14.0. The second-order valence-electron chi connectivity index (χ2n) is 6.05. The average molecular weight is 332 g/mol. The van der Waals surface area contributed by atoms with Crippen molar-refractivity contribution in [1.82, 2.24) is 10.2 Å². The Bertz CT molecular complexity index is 615. The molecule has 2 amide bonds. The van der Waals surface area contributed by atoms with Gasteiger partial charge in [0.25, 0.3) is 0 Å². The van der Waals surface area contributed by atoms with E-state index >= 15 is 0 Å². The van der Waals surface area contributed by atoms with Crippen molar-refractivity contribution in [2.45, 2.75) is 51.6 Å². The molecule has 1 aliphatic rings. The number of amides is 2. The maximum atomic E-state index is 12.4. The third kappa shape index (κ3) is 4.57. The van der Waals surface area contributed by atoms with Gasteiger partial charge in [0.15, 0.2) is 0 Å². The zero-order chi connectivity index (χ0) is 17.5. The Hall–Kier alpha value is -2.37. The number of aliphatic carboxylic acids is 1. The van der Waals surface area contributed by atoms with Gasteiger partial charge in [-0.3, -0.25) is 9.59 Å². The number of carbonyl (C=O) groups excluding carboxylic acids is 2. The molecule has 1 aliphatic heterocycles. The van der Waals surface area contributed by atoms with E-state index in [9.17, 15) is 19.5 Å². The van der Waals surface area contributed by atoms with Gasteiger partial charge in [-0.25, -0.2) is 4.79 Å². The van der Waals surface area contributed by atoms with E-state index in [0.717, 1.165) is 17.5 Å². The Morgan fingerprint density at radius 3 is 2.58 bits per heavy atom. The van der Waals surface area contributed by atoms with E-state index < -0.39 is 12.0 Å². The van der Waals surface area contributed by atoms with Crippen molar-refractivity contribution in [1.29, 1.82) is 0 Å². The highest BCUT2D eigenvalue weighted by molar-refractivity contribution is 5.85. The lowest BCUT2D eigenvalue weighted by Crippen LogP contribution is -2.48. The molecule has 0 fully saturated rings. The van der Waals surface area contributed by atoms with E-state index in [1.54, 1.807) is 0 Å². The summed E-state index contributed by atoms with van der Waals surface area (Å²) < 4.78 is 0. The molecular formula is C18H24N2O4.